The molecule has 3 aromatic rings. The summed E-state index contributed by atoms with van der Waals surface area (Å²) in [5.74, 6) is 0.533. The Bertz CT molecular complexity index is 878. The summed E-state index contributed by atoms with van der Waals surface area (Å²) >= 11 is 2.26. The van der Waals surface area contributed by atoms with Gasteiger partial charge in [-0.15, -0.1) is 0 Å². The summed E-state index contributed by atoms with van der Waals surface area (Å²) in [6, 6.07) is 23.1. The molecule has 3 nitrogen and oxygen atoms in total. The van der Waals surface area contributed by atoms with E-state index in [-0.39, 0.29) is 5.91 Å². The van der Waals surface area contributed by atoms with Crippen molar-refractivity contribution in [2.45, 2.75) is 13.5 Å². The van der Waals surface area contributed by atoms with Gasteiger partial charge in [0.25, 0.3) is 5.91 Å². The van der Waals surface area contributed by atoms with Crippen LogP contribution < -0.4 is 10.1 Å². The Morgan fingerprint density at radius 3 is 2.56 bits per heavy atom. The standard InChI is InChI=1S/C21H18INO2/c1-15-12-18(22)10-11-20(15)23-21(24)17-8-5-9-19(13-17)25-14-16-6-3-2-4-7-16/h2-13H,14H2,1H3,(H,23,24). The summed E-state index contributed by atoms with van der Waals surface area (Å²) in [7, 11) is 0. The second-order valence-corrected chi connectivity index (χ2v) is 6.96. The molecule has 25 heavy (non-hydrogen) atoms. The lowest BCUT2D eigenvalue weighted by atomic mass is 10.1. The molecular weight excluding hydrogens is 425 g/mol. The maximum Gasteiger partial charge on any atom is 0.255 e. The lowest BCUT2D eigenvalue weighted by Crippen LogP contribution is -2.13. The Morgan fingerprint density at radius 1 is 1.00 bits per heavy atom. The third-order valence-electron chi connectivity index (χ3n) is 3.78. The van der Waals surface area contributed by atoms with Crippen LogP contribution in [0.15, 0.2) is 72.8 Å². The van der Waals surface area contributed by atoms with E-state index in [0.717, 1.165) is 20.4 Å². The Balaban J connectivity index is 1.69. The summed E-state index contributed by atoms with van der Waals surface area (Å²) in [4.78, 5) is 12.5. The average Bonchev–Trinajstić information content (AvgIpc) is 2.63. The van der Waals surface area contributed by atoms with Gasteiger partial charge in [-0.3, -0.25) is 4.79 Å². The predicted molar refractivity (Wildman–Crippen MR) is 109 cm³/mol. The summed E-state index contributed by atoms with van der Waals surface area (Å²) in [6.07, 6.45) is 0. The van der Waals surface area contributed by atoms with Crippen molar-refractivity contribution in [2.24, 2.45) is 0 Å². The number of anilines is 1. The van der Waals surface area contributed by atoms with E-state index in [1.165, 1.54) is 0 Å². The number of hydrogen-bond donors (Lipinski definition) is 1. The van der Waals surface area contributed by atoms with Crippen molar-refractivity contribution >= 4 is 34.2 Å². The van der Waals surface area contributed by atoms with E-state index < -0.39 is 0 Å². The first-order valence-electron chi connectivity index (χ1n) is 7.96. The first-order valence-corrected chi connectivity index (χ1v) is 9.04. The summed E-state index contributed by atoms with van der Waals surface area (Å²) in [5, 5.41) is 2.96. The highest BCUT2D eigenvalue weighted by atomic mass is 127. The van der Waals surface area contributed by atoms with Crippen LogP contribution in [0.3, 0.4) is 0 Å². The molecule has 0 aliphatic rings. The van der Waals surface area contributed by atoms with Gasteiger partial charge in [-0.1, -0.05) is 36.4 Å². The highest BCUT2D eigenvalue weighted by Gasteiger charge is 2.09. The summed E-state index contributed by atoms with van der Waals surface area (Å²) in [5.41, 5.74) is 3.52. The molecule has 0 radical (unpaired) electrons. The molecule has 0 spiro atoms. The summed E-state index contributed by atoms with van der Waals surface area (Å²) < 4.78 is 6.93. The van der Waals surface area contributed by atoms with E-state index in [4.69, 9.17) is 4.74 Å². The van der Waals surface area contributed by atoms with E-state index in [1.807, 2.05) is 67.6 Å². The van der Waals surface area contributed by atoms with Crippen molar-refractivity contribution in [1.29, 1.82) is 0 Å². The molecule has 3 rings (SSSR count). The molecule has 1 N–H and O–H groups in total. The Kier molecular flexibility index (Phi) is 5.71. The maximum absolute atomic E-state index is 12.5. The molecule has 4 heteroatoms. The number of benzene rings is 3. The molecule has 3 aromatic carbocycles. The van der Waals surface area contributed by atoms with E-state index in [9.17, 15) is 4.79 Å². The van der Waals surface area contributed by atoms with E-state index in [2.05, 4.69) is 27.9 Å². The van der Waals surface area contributed by atoms with Crippen molar-refractivity contribution in [2.75, 3.05) is 5.32 Å². The number of rotatable bonds is 5. The number of nitrogens with one attached hydrogen (secondary N) is 1. The number of halogens is 1. The summed E-state index contributed by atoms with van der Waals surface area (Å²) in [6.45, 7) is 2.46. The molecule has 0 aromatic heterocycles. The normalized spacial score (nSPS) is 10.3. The Hall–Kier alpha value is -2.34. The third-order valence-corrected chi connectivity index (χ3v) is 4.45. The monoisotopic (exact) mass is 443 g/mol. The van der Waals surface area contributed by atoms with Gasteiger partial charge in [0.05, 0.1) is 0 Å². The number of aryl methyl sites for hydroxylation is 1. The minimum Gasteiger partial charge on any atom is -0.489 e. The number of hydrogen-bond acceptors (Lipinski definition) is 2. The number of ether oxygens (including phenoxy) is 1. The number of amides is 1. The first kappa shape index (κ1) is 17.5. The van der Waals surface area contributed by atoms with Gasteiger partial charge in [-0.05, 0) is 77.0 Å². The molecule has 0 bridgehead atoms. The lowest BCUT2D eigenvalue weighted by Gasteiger charge is -2.10. The minimum absolute atomic E-state index is 0.144. The molecule has 0 atom stereocenters. The molecule has 0 aliphatic heterocycles. The van der Waals surface area contributed by atoms with Crippen LogP contribution in [0.4, 0.5) is 5.69 Å². The highest BCUT2D eigenvalue weighted by Crippen LogP contribution is 2.20. The van der Waals surface area contributed by atoms with Crippen molar-refractivity contribution in [3.8, 4) is 5.75 Å². The fraction of sp³-hybridized carbons (Fsp3) is 0.0952. The van der Waals surface area contributed by atoms with Crippen molar-refractivity contribution in [3.05, 3.63) is 93.1 Å². The number of carbonyl (C=O) groups is 1. The van der Waals surface area contributed by atoms with Gasteiger partial charge in [0.1, 0.15) is 12.4 Å². The van der Waals surface area contributed by atoms with Crippen LogP contribution in [0.5, 0.6) is 5.75 Å². The largest absolute Gasteiger partial charge is 0.489 e. The molecular formula is C21H18INO2. The molecule has 1 amide bonds. The zero-order chi connectivity index (χ0) is 17.6. The van der Waals surface area contributed by atoms with Crippen molar-refractivity contribution < 1.29 is 9.53 Å². The van der Waals surface area contributed by atoms with E-state index in [1.54, 1.807) is 12.1 Å². The van der Waals surface area contributed by atoms with Crippen LogP contribution >= 0.6 is 22.6 Å². The van der Waals surface area contributed by atoms with Gasteiger partial charge in [-0.2, -0.15) is 0 Å². The van der Waals surface area contributed by atoms with Gasteiger partial charge in [0.2, 0.25) is 0 Å². The molecule has 0 saturated carbocycles. The molecule has 0 aliphatic carbocycles. The topological polar surface area (TPSA) is 38.3 Å². The zero-order valence-electron chi connectivity index (χ0n) is 13.8. The predicted octanol–water partition coefficient (Wildman–Crippen LogP) is 5.43. The van der Waals surface area contributed by atoms with Gasteiger partial charge >= 0.3 is 0 Å². The molecule has 126 valence electrons. The fourth-order valence-electron chi connectivity index (χ4n) is 2.43. The van der Waals surface area contributed by atoms with E-state index in [0.29, 0.717) is 17.9 Å². The zero-order valence-corrected chi connectivity index (χ0v) is 16.0. The van der Waals surface area contributed by atoms with Crippen LogP contribution in [0.25, 0.3) is 0 Å². The van der Waals surface area contributed by atoms with Gasteiger partial charge in [0.15, 0.2) is 0 Å². The fourth-order valence-corrected chi connectivity index (χ4v) is 3.08. The quantitative estimate of drug-likeness (QED) is 0.534. The Morgan fingerprint density at radius 2 is 1.80 bits per heavy atom. The van der Waals surface area contributed by atoms with Crippen LogP contribution in [-0.2, 0) is 6.61 Å². The number of carbonyl (C=O) groups excluding carboxylic acids is 1. The van der Waals surface area contributed by atoms with Crippen LogP contribution in [0.1, 0.15) is 21.5 Å². The van der Waals surface area contributed by atoms with Gasteiger partial charge in [0, 0.05) is 14.8 Å². The van der Waals surface area contributed by atoms with Crippen molar-refractivity contribution in [3.63, 3.8) is 0 Å². The minimum atomic E-state index is -0.144. The van der Waals surface area contributed by atoms with Crippen LogP contribution in [0, 0.1) is 10.5 Å². The second-order valence-electron chi connectivity index (χ2n) is 5.72. The third kappa shape index (κ3) is 4.82. The smallest absolute Gasteiger partial charge is 0.255 e. The maximum atomic E-state index is 12.5. The second kappa shape index (κ2) is 8.16. The van der Waals surface area contributed by atoms with E-state index >= 15 is 0 Å². The Labute approximate surface area is 161 Å². The van der Waals surface area contributed by atoms with Gasteiger partial charge in [-0.25, -0.2) is 0 Å². The van der Waals surface area contributed by atoms with Crippen LogP contribution in [-0.4, -0.2) is 5.91 Å². The molecule has 0 fully saturated rings. The molecule has 0 saturated heterocycles. The lowest BCUT2D eigenvalue weighted by molar-refractivity contribution is 0.102. The first-order chi connectivity index (χ1) is 12.1. The highest BCUT2D eigenvalue weighted by molar-refractivity contribution is 14.1. The van der Waals surface area contributed by atoms with Gasteiger partial charge < -0.3 is 10.1 Å². The molecule has 0 unspecified atom stereocenters. The average molecular weight is 443 g/mol. The van der Waals surface area contributed by atoms with Crippen LogP contribution in [0.2, 0.25) is 0 Å². The van der Waals surface area contributed by atoms with Crippen molar-refractivity contribution in [1.82, 2.24) is 0 Å². The molecule has 0 heterocycles. The SMILES string of the molecule is Cc1cc(I)ccc1NC(=O)c1cccc(OCc2ccccc2)c1.